The lowest BCUT2D eigenvalue weighted by Gasteiger charge is -2.30. The van der Waals surface area contributed by atoms with Gasteiger partial charge in [-0.05, 0) is 54.9 Å². The van der Waals surface area contributed by atoms with Gasteiger partial charge in [-0.3, -0.25) is 19.2 Å². The van der Waals surface area contributed by atoms with Crippen LogP contribution in [0.2, 0.25) is 0 Å². The molecule has 4 aromatic rings. The molecule has 176 valence electrons. The third kappa shape index (κ3) is 3.89. The van der Waals surface area contributed by atoms with Crippen molar-refractivity contribution >= 4 is 51.7 Å². The molecule has 35 heavy (non-hydrogen) atoms. The Hall–Kier alpha value is -3.92. The highest BCUT2D eigenvalue weighted by molar-refractivity contribution is 7.99. The van der Waals surface area contributed by atoms with Crippen LogP contribution in [-0.2, 0) is 4.79 Å². The van der Waals surface area contributed by atoms with Crippen LogP contribution in [0.25, 0.3) is 22.1 Å². The molecule has 0 saturated heterocycles. The van der Waals surface area contributed by atoms with Gasteiger partial charge in [0, 0.05) is 53.0 Å². The van der Waals surface area contributed by atoms with E-state index in [0.717, 1.165) is 56.3 Å². The van der Waals surface area contributed by atoms with Crippen LogP contribution in [0.5, 0.6) is 5.75 Å². The summed E-state index contributed by atoms with van der Waals surface area (Å²) in [4.78, 5) is 24.3. The van der Waals surface area contributed by atoms with Gasteiger partial charge >= 0.3 is 0 Å². The molecule has 4 heterocycles. The fraction of sp³-hybridized carbons (Fsp3) is 0.240. The maximum absolute atomic E-state index is 12.8. The fourth-order valence-corrected chi connectivity index (χ4v) is 5.10. The number of benzene rings is 1. The first-order valence-corrected chi connectivity index (χ1v) is 12.2. The van der Waals surface area contributed by atoms with Gasteiger partial charge in [0.25, 0.3) is 0 Å². The quantitative estimate of drug-likeness (QED) is 0.430. The molecule has 3 aromatic heterocycles. The maximum atomic E-state index is 12.8. The number of allylic oxidation sites excluding steroid dienone is 1. The lowest BCUT2D eigenvalue weighted by atomic mass is 10.1. The van der Waals surface area contributed by atoms with Crippen molar-refractivity contribution in [2.24, 2.45) is 16.6 Å². The van der Waals surface area contributed by atoms with Gasteiger partial charge in [-0.15, -0.1) is 10.2 Å². The molecule has 1 amide bonds. The lowest BCUT2D eigenvalue weighted by molar-refractivity contribution is -0.120. The van der Waals surface area contributed by atoms with Crippen molar-refractivity contribution in [3.8, 4) is 5.75 Å². The summed E-state index contributed by atoms with van der Waals surface area (Å²) in [6.07, 6.45) is 8.88. The Morgan fingerprint density at radius 3 is 2.94 bits per heavy atom. The number of anilines is 1. The Balaban J connectivity index is 1.37. The van der Waals surface area contributed by atoms with E-state index in [1.54, 1.807) is 19.5 Å². The van der Waals surface area contributed by atoms with Gasteiger partial charge in [0.2, 0.25) is 5.91 Å². The molecule has 9 nitrogen and oxygen atoms in total. The molecule has 0 spiro atoms. The van der Waals surface area contributed by atoms with Crippen LogP contribution in [0, 0.1) is 5.92 Å². The van der Waals surface area contributed by atoms with Crippen LogP contribution >= 0.6 is 11.8 Å². The Morgan fingerprint density at radius 2 is 2.14 bits per heavy atom. The first-order chi connectivity index (χ1) is 17.2. The van der Waals surface area contributed by atoms with Gasteiger partial charge in [-0.25, -0.2) is 0 Å². The zero-order valence-electron chi connectivity index (χ0n) is 19.1. The SMILES string of the molecule is CN=CC(=CN)c1ccc2nnc(Sc3ccc4ncc5c(c4c3)OCCN5C(=O)C3CC3)n2c1. The second kappa shape index (κ2) is 8.70. The predicted octanol–water partition coefficient (Wildman–Crippen LogP) is 3.56. The Labute approximate surface area is 205 Å². The van der Waals surface area contributed by atoms with E-state index in [-0.39, 0.29) is 11.8 Å². The average molecular weight is 486 g/mol. The summed E-state index contributed by atoms with van der Waals surface area (Å²) in [5.74, 6) is 1.02. The smallest absolute Gasteiger partial charge is 0.230 e. The number of fused-ring (bicyclic) bond motifs is 4. The van der Waals surface area contributed by atoms with E-state index in [1.165, 1.54) is 18.0 Å². The van der Waals surface area contributed by atoms with E-state index in [1.807, 2.05) is 45.8 Å². The highest BCUT2D eigenvalue weighted by atomic mass is 32.2. The summed E-state index contributed by atoms with van der Waals surface area (Å²) in [5, 5.41) is 10.3. The Kier molecular flexibility index (Phi) is 5.37. The van der Waals surface area contributed by atoms with Gasteiger partial charge in [0.1, 0.15) is 12.3 Å². The van der Waals surface area contributed by atoms with Gasteiger partial charge in [-0.2, -0.15) is 0 Å². The molecule has 1 saturated carbocycles. The number of aromatic nitrogens is 4. The number of rotatable bonds is 5. The number of nitrogens with two attached hydrogens (primary N) is 1. The number of pyridine rings is 2. The average Bonchev–Trinajstić information content (AvgIpc) is 3.68. The number of ether oxygens (including phenoxy) is 1. The highest BCUT2D eigenvalue weighted by Crippen LogP contribution is 2.42. The second-order valence-corrected chi connectivity index (χ2v) is 9.54. The molecule has 1 aliphatic carbocycles. The van der Waals surface area contributed by atoms with Crippen LogP contribution in [0.3, 0.4) is 0 Å². The molecule has 10 heteroatoms. The van der Waals surface area contributed by atoms with Crippen molar-refractivity contribution in [3.63, 3.8) is 0 Å². The predicted molar refractivity (Wildman–Crippen MR) is 136 cm³/mol. The van der Waals surface area contributed by atoms with E-state index in [4.69, 9.17) is 10.5 Å². The molecule has 0 atom stereocenters. The number of hydrogen-bond acceptors (Lipinski definition) is 8. The first kappa shape index (κ1) is 21.6. The zero-order valence-corrected chi connectivity index (χ0v) is 19.9. The molecule has 1 aromatic carbocycles. The van der Waals surface area contributed by atoms with Crippen molar-refractivity contribution < 1.29 is 9.53 Å². The van der Waals surface area contributed by atoms with Crippen LogP contribution in [0.15, 0.2) is 64.0 Å². The van der Waals surface area contributed by atoms with E-state index < -0.39 is 0 Å². The largest absolute Gasteiger partial charge is 0.489 e. The molecule has 0 bridgehead atoms. The summed E-state index contributed by atoms with van der Waals surface area (Å²) < 4.78 is 7.98. The molecule has 0 unspecified atom stereocenters. The fourth-order valence-electron chi connectivity index (χ4n) is 4.25. The third-order valence-corrected chi connectivity index (χ3v) is 7.13. The molecular formula is C25H23N7O2S. The molecule has 0 radical (unpaired) electrons. The van der Waals surface area contributed by atoms with Crippen molar-refractivity contribution in [2.45, 2.75) is 22.9 Å². The monoisotopic (exact) mass is 485 g/mol. The lowest BCUT2D eigenvalue weighted by Crippen LogP contribution is -2.39. The highest BCUT2D eigenvalue weighted by Gasteiger charge is 2.36. The van der Waals surface area contributed by atoms with Crippen molar-refractivity contribution in [1.82, 2.24) is 19.6 Å². The minimum atomic E-state index is 0.142. The summed E-state index contributed by atoms with van der Waals surface area (Å²) in [6.45, 7) is 1.03. The normalized spacial score (nSPS) is 16.1. The third-order valence-electron chi connectivity index (χ3n) is 6.18. The topological polar surface area (TPSA) is 111 Å². The Bertz CT molecular complexity index is 1520. The van der Waals surface area contributed by atoms with E-state index in [2.05, 4.69) is 20.2 Å². The van der Waals surface area contributed by atoms with E-state index in [9.17, 15) is 4.79 Å². The Morgan fingerprint density at radius 1 is 1.26 bits per heavy atom. The number of nitrogens with zero attached hydrogens (tertiary/aromatic N) is 6. The standard InChI is InChI=1S/C25H23N7O2S/c1-27-12-17(11-26)16-4-7-22-29-30-25(32(22)14-16)35-18-5-6-20-19(10-18)23-21(13-28-20)31(8-9-34-23)24(33)15-2-3-15/h4-7,10-15H,2-3,8-9,26H2,1H3. The van der Waals surface area contributed by atoms with Gasteiger partial charge < -0.3 is 15.4 Å². The summed E-state index contributed by atoms with van der Waals surface area (Å²) in [5.41, 5.74) is 9.81. The first-order valence-electron chi connectivity index (χ1n) is 11.4. The number of carbonyl (C=O) groups is 1. The molecule has 1 fully saturated rings. The number of aliphatic imine (C=N–C) groups is 1. The maximum Gasteiger partial charge on any atom is 0.230 e. The van der Waals surface area contributed by atoms with Gasteiger partial charge in [0.05, 0.1) is 18.3 Å². The number of hydrogen-bond donors (Lipinski definition) is 1. The van der Waals surface area contributed by atoms with Gasteiger partial charge in [0.15, 0.2) is 16.6 Å². The van der Waals surface area contributed by atoms with Gasteiger partial charge in [-0.1, -0.05) is 0 Å². The van der Waals surface area contributed by atoms with Crippen LogP contribution in [-0.4, -0.2) is 51.9 Å². The summed E-state index contributed by atoms with van der Waals surface area (Å²) in [6, 6.07) is 9.85. The molecular weight excluding hydrogens is 462 g/mol. The van der Waals surface area contributed by atoms with Crippen LogP contribution in [0.4, 0.5) is 5.69 Å². The minimum absolute atomic E-state index is 0.142. The van der Waals surface area contributed by atoms with Crippen LogP contribution in [0.1, 0.15) is 18.4 Å². The van der Waals surface area contributed by atoms with E-state index >= 15 is 0 Å². The van der Waals surface area contributed by atoms with Crippen molar-refractivity contribution in [3.05, 3.63) is 54.5 Å². The number of carbonyl (C=O) groups excluding carboxylic acids is 1. The minimum Gasteiger partial charge on any atom is -0.489 e. The zero-order chi connectivity index (χ0) is 23.9. The van der Waals surface area contributed by atoms with Crippen molar-refractivity contribution in [2.75, 3.05) is 25.1 Å². The molecule has 2 N–H and O–H groups in total. The molecule has 2 aliphatic rings. The summed E-state index contributed by atoms with van der Waals surface area (Å²) in [7, 11) is 1.71. The molecule has 1 aliphatic heterocycles. The number of amides is 1. The molecule has 6 rings (SSSR count). The van der Waals surface area contributed by atoms with Crippen LogP contribution < -0.4 is 15.4 Å². The second-order valence-electron chi connectivity index (χ2n) is 8.50. The van der Waals surface area contributed by atoms with Crippen molar-refractivity contribution in [1.29, 1.82) is 0 Å². The summed E-state index contributed by atoms with van der Waals surface area (Å²) >= 11 is 1.49. The van der Waals surface area contributed by atoms with E-state index in [0.29, 0.717) is 18.9 Å².